The predicted molar refractivity (Wildman–Crippen MR) is 97.3 cm³/mol. The Morgan fingerprint density at radius 2 is 1.91 bits per heavy atom. The van der Waals surface area contributed by atoms with Crippen molar-refractivity contribution in [3.05, 3.63) is 66.2 Å². The molecule has 0 atom stereocenters. The fourth-order valence-corrected chi connectivity index (χ4v) is 2.23. The maximum Gasteiger partial charge on any atom is 0.127 e. The summed E-state index contributed by atoms with van der Waals surface area (Å²) in [6.07, 6.45) is 2.80. The van der Waals surface area contributed by atoms with E-state index in [0.717, 1.165) is 36.4 Å². The molecule has 2 nitrogen and oxygen atoms in total. The molecule has 0 aliphatic carbocycles. The Hall–Kier alpha value is -1.48. The molecule has 1 N–H and O–H groups in total. The molecule has 0 aliphatic heterocycles. The van der Waals surface area contributed by atoms with Gasteiger partial charge in [0.25, 0.3) is 0 Å². The fourth-order valence-electron chi connectivity index (χ4n) is 2.05. The lowest BCUT2D eigenvalue weighted by Crippen LogP contribution is -2.17. The van der Waals surface area contributed by atoms with Gasteiger partial charge in [-0.2, -0.15) is 0 Å². The van der Waals surface area contributed by atoms with E-state index in [1.807, 2.05) is 42.5 Å². The van der Waals surface area contributed by atoms with Gasteiger partial charge in [-0.15, -0.1) is 19.0 Å². The van der Waals surface area contributed by atoms with Crippen molar-refractivity contribution in [1.29, 1.82) is 0 Å². The molecule has 2 aromatic rings. The smallest absolute Gasteiger partial charge is 0.127 e. The number of halogens is 2. The summed E-state index contributed by atoms with van der Waals surface area (Å²) in [7, 11) is 0. The van der Waals surface area contributed by atoms with Gasteiger partial charge < -0.3 is 10.1 Å². The van der Waals surface area contributed by atoms with Crippen LogP contribution in [0.2, 0.25) is 5.02 Å². The van der Waals surface area contributed by atoms with Crippen molar-refractivity contribution in [2.45, 2.75) is 6.42 Å². The molecule has 0 amide bonds. The van der Waals surface area contributed by atoms with E-state index in [1.165, 1.54) is 0 Å². The van der Waals surface area contributed by atoms with E-state index in [2.05, 4.69) is 24.0 Å². The lowest BCUT2D eigenvalue weighted by molar-refractivity contribution is 0.310. The second kappa shape index (κ2) is 10.3. The highest BCUT2D eigenvalue weighted by Crippen LogP contribution is 2.32. The van der Waals surface area contributed by atoms with Gasteiger partial charge in [-0.05, 0) is 36.7 Å². The summed E-state index contributed by atoms with van der Waals surface area (Å²) in [5, 5.41) is 3.97. The van der Waals surface area contributed by atoms with Gasteiger partial charge in [0.1, 0.15) is 5.75 Å². The summed E-state index contributed by atoms with van der Waals surface area (Å²) in [4.78, 5) is 0. The highest BCUT2D eigenvalue weighted by molar-refractivity contribution is 6.31. The van der Waals surface area contributed by atoms with Crippen LogP contribution in [-0.4, -0.2) is 19.7 Å². The Labute approximate surface area is 143 Å². The van der Waals surface area contributed by atoms with Gasteiger partial charge in [-0.1, -0.05) is 48.0 Å². The Morgan fingerprint density at radius 3 is 2.64 bits per heavy atom. The van der Waals surface area contributed by atoms with E-state index in [-0.39, 0.29) is 12.4 Å². The lowest BCUT2D eigenvalue weighted by atomic mass is 10.0. The second-order valence-electron chi connectivity index (χ2n) is 4.70. The van der Waals surface area contributed by atoms with Crippen LogP contribution in [0.3, 0.4) is 0 Å². The van der Waals surface area contributed by atoms with Crippen molar-refractivity contribution < 1.29 is 4.74 Å². The molecule has 2 rings (SSSR count). The van der Waals surface area contributed by atoms with Crippen LogP contribution in [0.5, 0.6) is 5.75 Å². The third-order valence-electron chi connectivity index (χ3n) is 3.07. The molecule has 0 saturated carbocycles. The Kier molecular flexibility index (Phi) is 8.68. The standard InChI is InChI=1S/C18H20ClNO.ClH/c1-2-11-20-12-6-13-21-18-10-9-16(19)14-17(18)15-7-4-3-5-8-15;/h2-5,7-10,14,20H,1,6,11-13H2;1H. The highest BCUT2D eigenvalue weighted by Gasteiger charge is 2.07. The Bertz CT molecular complexity index is 573. The van der Waals surface area contributed by atoms with E-state index in [1.54, 1.807) is 0 Å². The number of ether oxygens (including phenoxy) is 1. The van der Waals surface area contributed by atoms with Crippen LogP contribution < -0.4 is 10.1 Å². The third kappa shape index (κ3) is 5.72. The van der Waals surface area contributed by atoms with Crippen LogP contribution in [0.4, 0.5) is 0 Å². The number of hydrogen-bond acceptors (Lipinski definition) is 2. The van der Waals surface area contributed by atoms with Gasteiger partial charge in [-0.25, -0.2) is 0 Å². The van der Waals surface area contributed by atoms with Gasteiger partial charge in [0.2, 0.25) is 0 Å². The first-order valence-corrected chi connectivity index (χ1v) is 7.48. The molecule has 0 aliphatic rings. The molecular formula is C18H21Cl2NO. The first-order valence-electron chi connectivity index (χ1n) is 7.10. The predicted octanol–water partition coefficient (Wildman–Crippen LogP) is 4.97. The normalized spacial score (nSPS) is 9.86. The Balaban J connectivity index is 0.00000242. The van der Waals surface area contributed by atoms with E-state index >= 15 is 0 Å². The van der Waals surface area contributed by atoms with E-state index in [4.69, 9.17) is 16.3 Å². The fraction of sp³-hybridized carbons (Fsp3) is 0.222. The van der Waals surface area contributed by atoms with Crippen LogP contribution in [0.15, 0.2) is 61.2 Å². The molecule has 22 heavy (non-hydrogen) atoms. The number of rotatable bonds is 8. The van der Waals surface area contributed by atoms with Crippen LogP contribution in [0.25, 0.3) is 11.1 Å². The van der Waals surface area contributed by atoms with Gasteiger partial charge >= 0.3 is 0 Å². The summed E-state index contributed by atoms with van der Waals surface area (Å²) in [5.74, 6) is 0.870. The molecular weight excluding hydrogens is 317 g/mol. The molecule has 0 heterocycles. The monoisotopic (exact) mass is 337 g/mol. The van der Waals surface area contributed by atoms with E-state index < -0.39 is 0 Å². The van der Waals surface area contributed by atoms with Crippen molar-refractivity contribution in [3.8, 4) is 16.9 Å². The quantitative estimate of drug-likeness (QED) is 0.542. The molecule has 0 radical (unpaired) electrons. The Morgan fingerprint density at radius 1 is 1.14 bits per heavy atom. The summed E-state index contributed by atoms with van der Waals surface area (Å²) in [6, 6.07) is 15.9. The summed E-state index contributed by atoms with van der Waals surface area (Å²) in [6.45, 7) is 6.09. The topological polar surface area (TPSA) is 21.3 Å². The maximum absolute atomic E-state index is 6.11. The van der Waals surface area contributed by atoms with Gasteiger partial charge in [0, 0.05) is 17.1 Å². The van der Waals surface area contributed by atoms with Gasteiger partial charge in [0.15, 0.2) is 0 Å². The molecule has 0 fully saturated rings. The molecule has 4 heteroatoms. The molecule has 0 spiro atoms. The first-order chi connectivity index (χ1) is 10.3. The summed E-state index contributed by atoms with van der Waals surface area (Å²) >= 11 is 6.11. The van der Waals surface area contributed by atoms with E-state index in [9.17, 15) is 0 Å². The minimum Gasteiger partial charge on any atom is -0.493 e. The molecule has 0 bridgehead atoms. The van der Waals surface area contributed by atoms with Crippen molar-refractivity contribution in [2.75, 3.05) is 19.7 Å². The van der Waals surface area contributed by atoms with E-state index in [0.29, 0.717) is 11.6 Å². The minimum atomic E-state index is 0. The molecule has 0 saturated heterocycles. The van der Waals surface area contributed by atoms with Gasteiger partial charge in [0.05, 0.1) is 6.61 Å². The van der Waals surface area contributed by atoms with Crippen LogP contribution in [0.1, 0.15) is 6.42 Å². The molecule has 118 valence electrons. The van der Waals surface area contributed by atoms with Crippen molar-refractivity contribution in [2.24, 2.45) is 0 Å². The van der Waals surface area contributed by atoms with Crippen molar-refractivity contribution >= 4 is 24.0 Å². The van der Waals surface area contributed by atoms with Crippen molar-refractivity contribution in [1.82, 2.24) is 5.32 Å². The summed E-state index contributed by atoms with van der Waals surface area (Å²) in [5.41, 5.74) is 2.14. The first kappa shape index (κ1) is 18.6. The average Bonchev–Trinajstić information content (AvgIpc) is 2.53. The lowest BCUT2D eigenvalue weighted by Gasteiger charge is -2.12. The molecule has 2 aromatic carbocycles. The SMILES string of the molecule is C=CCNCCCOc1ccc(Cl)cc1-c1ccccc1.Cl. The molecule has 0 aromatic heterocycles. The molecule has 0 unspecified atom stereocenters. The number of hydrogen-bond donors (Lipinski definition) is 1. The van der Waals surface area contributed by atoms with Crippen LogP contribution in [0, 0.1) is 0 Å². The average molecular weight is 338 g/mol. The van der Waals surface area contributed by atoms with Crippen molar-refractivity contribution in [3.63, 3.8) is 0 Å². The van der Waals surface area contributed by atoms with Crippen LogP contribution >= 0.6 is 24.0 Å². The maximum atomic E-state index is 6.11. The summed E-state index contributed by atoms with van der Waals surface area (Å²) < 4.78 is 5.90. The van der Waals surface area contributed by atoms with Crippen LogP contribution in [-0.2, 0) is 0 Å². The zero-order valence-corrected chi connectivity index (χ0v) is 14.0. The number of nitrogens with one attached hydrogen (secondary N) is 1. The highest BCUT2D eigenvalue weighted by atomic mass is 35.5. The number of benzene rings is 2. The minimum absolute atomic E-state index is 0. The zero-order chi connectivity index (χ0) is 14.9. The van der Waals surface area contributed by atoms with Gasteiger partial charge in [-0.3, -0.25) is 0 Å². The zero-order valence-electron chi connectivity index (χ0n) is 12.4. The second-order valence-corrected chi connectivity index (χ2v) is 5.14. The largest absolute Gasteiger partial charge is 0.493 e. The third-order valence-corrected chi connectivity index (χ3v) is 3.31.